The van der Waals surface area contributed by atoms with Crippen molar-refractivity contribution in [2.45, 2.75) is 63.1 Å². The van der Waals surface area contributed by atoms with E-state index in [1.165, 1.54) is 25.7 Å². The Hall–Kier alpha value is -1.10. The molecule has 2 saturated heterocycles. The summed E-state index contributed by atoms with van der Waals surface area (Å²) in [5, 5.41) is 9.33. The van der Waals surface area contributed by atoms with Crippen molar-refractivity contribution < 1.29 is 9.59 Å². The minimum absolute atomic E-state index is 0.0230. The Kier molecular flexibility index (Phi) is 3.73. The Bertz CT molecular complexity index is 358. The van der Waals surface area contributed by atoms with E-state index in [1.807, 2.05) is 0 Å². The van der Waals surface area contributed by atoms with Crippen molar-refractivity contribution in [2.24, 2.45) is 5.92 Å². The van der Waals surface area contributed by atoms with Crippen LogP contribution in [0, 0.1) is 5.92 Å². The molecule has 1 saturated carbocycles. The molecule has 3 rings (SSSR count). The summed E-state index contributed by atoms with van der Waals surface area (Å²) in [6.07, 6.45) is 7.48. The van der Waals surface area contributed by atoms with Crippen LogP contribution >= 0.6 is 0 Å². The van der Waals surface area contributed by atoms with Crippen LogP contribution in [0.3, 0.4) is 0 Å². The zero-order valence-corrected chi connectivity index (χ0v) is 11.3. The molecule has 4 unspecified atom stereocenters. The van der Waals surface area contributed by atoms with Crippen molar-refractivity contribution in [3.8, 4) is 0 Å². The maximum Gasteiger partial charge on any atom is 0.237 e. The average Bonchev–Trinajstić information content (AvgIpc) is 3.01. The zero-order valence-electron chi connectivity index (χ0n) is 11.3. The molecule has 0 radical (unpaired) electrons. The molecular formula is C14H23N3O2. The van der Waals surface area contributed by atoms with Crippen molar-refractivity contribution in [2.75, 3.05) is 6.54 Å². The van der Waals surface area contributed by atoms with Gasteiger partial charge < -0.3 is 16.0 Å². The maximum atomic E-state index is 12.1. The summed E-state index contributed by atoms with van der Waals surface area (Å²) in [5.41, 5.74) is 0. The van der Waals surface area contributed by atoms with E-state index >= 15 is 0 Å². The monoisotopic (exact) mass is 265 g/mol. The average molecular weight is 265 g/mol. The molecule has 0 spiro atoms. The normalized spacial score (nSPS) is 37.8. The summed E-state index contributed by atoms with van der Waals surface area (Å²) in [6, 6.07) is 0.654. The fourth-order valence-electron chi connectivity index (χ4n) is 3.70. The van der Waals surface area contributed by atoms with Crippen LogP contribution in [-0.2, 0) is 9.59 Å². The molecule has 1 aliphatic carbocycles. The number of carbonyl (C=O) groups excluding carboxylic acids is 2. The first-order chi connectivity index (χ1) is 9.22. The fourth-order valence-corrected chi connectivity index (χ4v) is 3.70. The van der Waals surface area contributed by atoms with Gasteiger partial charge in [-0.15, -0.1) is 0 Å². The number of fused-ring (bicyclic) bond motifs is 1. The number of hydrogen-bond donors (Lipinski definition) is 3. The Morgan fingerprint density at radius 2 is 2.11 bits per heavy atom. The Morgan fingerprint density at radius 3 is 2.84 bits per heavy atom. The highest BCUT2D eigenvalue weighted by Crippen LogP contribution is 2.33. The quantitative estimate of drug-likeness (QED) is 0.687. The van der Waals surface area contributed by atoms with Gasteiger partial charge >= 0.3 is 0 Å². The molecule has 2 aliphatic heterocycles. The molecule has 5 nitrogen and oxygen atoms in total. The van der Waals surface area contributed by atoms with E-state index in [4.69, 9.17) is 0 Å². The number of rotatable bonds is 3. The summed E-state index contributed by atoms with van der Waals surface area (Å²) in [4.78, 5) is 23.2. The van der Waals surface area contributed by atoms with Gasteiger partial charge in [-0.25, -0.2) is 0 Å². The van der Waals surface area contributed by atoms with Crippen molar-refractivity contribution in [1.29, 1.82) is 0 Å². The van der Waals surface area contributed by atoms with E-state index < -0.39 is 0 Å². The Labute approximate surface area is 113 Å². The van der Waals surface area contributed by atoms with Gasteiger partial charge in [0.2, 0.25) is 11.8 Å². The van der Waals surface area contributed by atoms with E-state index in [-0.39, 0.29) is 23.9 Å². The lowest BCUT2D eigenvalue weighted by atomic mass is 9.85. The lowest BCUT2D eigenvalue weighted by Gasteiger charge is -2.24. The highest BCUT2D eigenvalue weighted by atomic mass is 16.2. The third-order valence-corrected chi connectivity index (χ3v) is 4.79. The SMILES string of the molecule is O=C1CCC(CNC(=O)C2CC3CCCCC3N2)N1. The first-order valence-corrected chi connectivity index (χ1v) is 7.55. The van der Waals surface area contributed by atoms with Crippen molar-refractivity contribution in [3.63, 3.8) is 0 Å². The fraction of sp³-hybridized carbons (Fsp3) is 0.857. The molecule has 3 fully saturated rings. The van der Waals surface area contributed by atoms with Gasteiger partial charge in [0.1, 0.15) is 0 Å². The third kappa shape index (κ3) is 2.91. The van der Waals surface area contributed by atoms with Gasteiger partial charge in [0.15, 0.2) is 0 Å². The van der Waals surface area contributed by atoms with Crippen LogP contribution in [0.15, 0.2) is 0 Å². The number of amides is 2. The van der Waals surface area contributed by atoms with Crippen LogP contribution in [0.25, 0.3) is 0 Å². The molecule has 0 aromatic heterocycles. The van der Waals surface area contributed by atoms with Gasteiger partial charge in [0.05, 0.1) is 6.04 Å². The lowest BCUT2D eigenvalue weighted by molar-refractivity contribution is -0.123. The molecular weight excluding hydrogens is 242 g/mol. The van der Waals surface area contributed by atoms with Crippen molar-refractivity contribution in [1.82, 2.24) is 16.0 Å². The summed E-state index contributed by atoms with van der Waals surface area (Å²) >= 11 is 0. The Balaban J connectivity index is 1.44. The van der Waals surface area contributed by atoms with Crippen molar-refractivity contribution >= 4 is 11.8 Å². The molecule has 0 aromatic carbocycles. The van der Waals surface area contributed by atoms with Gasteiger partial charge in [-0.2, -0.15) is 0 Å². The highest BCUT2D eigenvalue weighted by Gasteiger charge is 2.38. The van der Waals surface area contributed by atoms with E-state index in [0.29, 0.717) is 24.9 Å². The summed E-state index contributed by atoms with van der Waals surface area (Å²) in [7, 11) is 0. The van der Waals surface area contributed by atoms with Crippen LogP contribution in [0.4, 0.5) is 0 Å². The first-order valence-electron chi connectivity index (χ1n) is 7.55. The van der Waals surface area contributed by atoms with Crippen LogP contribution in [-0.4, -0.2) is 36.5 Å². The van der Waals surface area contributed by atoms with Gasteiger partial charge in [0, 0.05) is 25.0 Å². The van der Waals surface area contributed by atoms with E-state index in [9.17, 15) is 9.59 Å². The molecule has 3 N–H and O–H groups in total. The van der Waals surface area contributed by atoms with Crippen molar-refractivity contribution in [3.05, 3.63) is 0 Å². The molecule has 3 aliphatic rings. The standard InChI is InChI=1S/C14H23N3O2/c18-13-6-5-10(16-13)8-15-14(19)12-7-9-3-1-2-4-11(9)17-12/h9-12,17H,1-8H2,(H,15,19)(H,16,18). The molecule has 2 heterocycles. The topological polar surface area (TPSA) is 70.2 Å². The smallest absolute Gasteiger partial charge is 0.237 e. The summed E-state index contributed by atoms with van der Waals surface area (Å²) in [5.74, 6) is 0.899. The van der Waals surface area contributed by atoms with Gasteiger partial charge in [-0.3, -0.25) is 9.59 Å². The predicted molar refractivity (Wildman–Crippen MR) is 71.5 cm³/mol. The number of hydrogen-bond acceptors (Lipinski definition) is 3. The first kappa shape index (κ1) is 12.9. The third-order valence-electron chi connectivity index (χ3n) is 4.79. The zero-order chi connectivity index (χ0) is 13.2. The van der Waals surface area contributed by atoms with E-state index in [1.54, 1.807) is 0 Å². The Morgan fingerprint density at radius 1 is 1.26 bits per heavy atom. The second kappa shape index (κ2) is 5.49. The predicted octanol–water partition coefficient (Wildman–Crippen LogP) is 0.302. The van der Waals surface area contributed by atoms with Gasteiger partial charge in [-0.1, -0.05) is 12.8 Å². The maximum absolute atomic E-state index is 12.1. The second-order valence-electron chi connectivity index (χ2n) is 6.15. The van der Waals surface area contributed by atoms with Gasteiger partial charge in [0.25, 0.3) is 0 Å². The molecule has 0 bridgehead atoms. The van der Waals surface area contributed by atoms with Crippen LogP contribution < -0.4 is 16.0 Å². The van der Waals surface area contributed by atoms with Gasteiger partial charge in [-0.05, 0) is 31.6 Å². The summed E-state index contributed by atoms with van der Waals surface area (Å²) in [6.45, 7) is 0.568. The van der Waals surface area contributed by atoms with E-state index in [2.05, 4.69) is 16.0 Å². The largest absolute Gasteiger partial charge is 0.353 e. The van der Waals surface area contributed by atoms with Crippen LogP contribution in [0.1, 0.15) is 44.9 Å². The highest BCUT2D eigenvalue weighted by molar-refractivity contribution is 5.82. The lowest BCUT2D eigenvalue weighted by Crippen LogP contribution is -2.46. The molecule has 19 heavy (non-hydrogen) atoms. The molecule has 5 heteroatoms. The number of carbonyl (C=O) groups is 2. The molecule has 2 amide bonds. The summed E-state index contributed by atoms with van der Waals surface area (Å²) < 4.78 is 0. The number of nitrogens with one attached hydrogen (secondary N) is 3. The molecule has 0 aromatic rings. The van der Waals surface area contributed by atoms with Crippen LogP contribution in [0.5, 0.6) is 0 Å². The molecule has 106 valence electrons. The second-order valence-corrected chi connectivity index (χ2v) is 6.15. The minimum atomic E-state index is -0.0230. The molecule has 4 atom stereocenters. The van der Waals surface area contributed by atoms with Crippen LogP contribution in [0.2, 0.25) is 0 Å². The van der Waals surface area contributed by atoms with E-state index in [0.717, 1.165) is 12.8 Å². The minimum Gasteiger partial charge on any atom is -0.353 e.